The third-order valence-corrected chi connectivity index (χ3v) is 9.46. The van der Waals surface area contributed by atoms with Gasteiger partial charge in [-0.05, 0) is 91.7 Å². The first-order valence-corrected chi connectivity index (χ1v) is 11.4. The molecule has 0 N–H and O–H groups in total. The molecule has 0 aromatic heterocycles. The molecule has 150 valence electrons. The summed E-state index contributed by atoms with van der Waals surface area (Å²) in [6.07, 6.45) is 13.2. The average molecular weight is 381 g/mol. The summed E-state index contributed by atoms with van der Waals surface area (Å²) in [5.74, 6) is 2.89. The van der Waals surface area contributed by atoms with E-state index in [0.717, 1.165) is 30.3 Å². The van der Waals surface area contributed by atoms with Gasteiger partial charge in [0.25, 0.3) is 0 Å². The first kappa shape index (κ1) is 18.6. The van der Waals surface area contributed by atoms with E-state index in [9.17, 15) is 9.18 Å². The molecule has 0 unspecified atom stereocenters. The smallest absolute Gasteiger partial charge is 0.165 e. The first-order chi connectivity index (χ1) is 13.4. The molecule has 0 spiro atoms. The van der Waals surface area contributed by atoms with Crippen molar-refractivity contribution in [2.75, 3.05) is 0 Å². The molecule has 6 atom stereocenters. The van der Waals surface area contributed by atoms with Crippen LogP contribution in [0.4, 0.5) is 4.39 Å². The Balaban J connectivity index is 1.48. The van der Waals surface area contributed by atoms with Crippen molar-refractivity contribution in [2.24, 2.45) is 34.5 Å². The molecule has 5 rings (SSSR count). The second-order valence-corrected chi connectivity index (χ2v) is 10.6. The number of ketones is 1. The number of hydrogen-bond donors (Lipinski definition) is 0. The highest BCUT2D eigenvalue weighted by atomic mass is 19.1. The zero-order valence-corrected chi connectivity index (χ0v) is 17.3. The third kappa shape index (κ3) is 2.59. The molecule has 4 aliphatic rings. The predicted molar refractivity (Wildman–Crippen MR) is 111 cm³/mol. The molecular weight excluding hydrogens is 347 g/mol. The van der Waals surface area contributed by atoms with Crippen LogP contribution in [0.1, 0.15) is 77.2 Å². The standard InChI is InChI=1S/C26H33FO/c1-25-13-6-5-8-19(25)10-11-20-21(25)12-14-26(2)22(20)16-18(24(26)28)15-17-7-3-4-9-23(17)27/h3-4,7,9,15,19-22H,5-6,8,10-14,16H2,1-2H3/b18-15+/t19-,20-,21+,22-,25-,26-/m0/s1. The number of fused-ring (bicyclic) bond motifs is 5. The van der Waals surface area contributed by atoms with Crippen LogP contribution < -0.4 is 0 Å². The molecule has 2 heteroatoms. The Kier molecular flexibility index (Phi) is 4.34. The second kappa shape index (κ2) is 6.54. The van der Waals surface area contributed by atoms with Crippen LogP contribution in [0.2, 0.25) is 0 Å². The van der Waals surface area contributed by atoms with Crippen molar-refractivity contribution in [3.05, 3.63) is 41.2 Å². The van der Waals surface area contributed by atoms with Gasteiger partial charge < -0.3 is 0 Å². The molecule has 0 heterocycles. The summed E-state index contributed by atoms with van der Waals surface area (Å²) in [5, 5.41) is 0. The quantitative estimate of drug-likeness (QED) is 0.488. The number of carbonyl (C=O) groups is 1. The number of Topliss-reactive ketones (excluding diaryl/α,β-unsaturated/α-hetero) is 1. The molecule has 1 aromatic carbocycles. The maximum Gasteiger partial charge on any atom is 0.165 e. The summed E-state index contributed by atoms with van der Waals surface area (Å²) in [6.45, 7) is 4.79. The normalized spacial score (nSPS) is 44.1. The van der Waals surface area contributed by atoms with Gasteiger partial charge in [0, 0.05) is 11.0 Å². The molecular formula is C26H33FO. The fourth-order valence-corrected chi connectivity index (χ4v) is 7.87. The lowest BCUT2D eigenvalue weighted by Gasteiger charge is -2.59. The van der Waals surface area contributed by atoms with Gasteiger partial charge in [-0.1, -0.05) is 44.9 Å². The van der Waals surface area contributed by atoms with Crippen LogP contribution in [-0.2, 0) is 4.79 Å². The Morgan fingerprint density at radius 3 is 2.64 bits per heavy atom. The molecule has 28 heavy (non-hydrogen) atoms. The zero-order valence-electron chi connectivity index (χ0n) is 17.3. The number of allylic oxidation sites excluding steroid dienone is 1. The van der Waals surface area contributed by atoms with Crippen LogP contribution >= 0.6 is 0 Å². The molecule has 0 saturated heterocycles. The Labute approximate surface area is 168 Å². The van der Waals surface area contributed by atoms with Gasteiger partial charge in [-0.3, -0.25) is 4.79 Å². The number of rotatable bonds is 1. The largest absolute Gasteiger partial charge is 0.294 e. The van der Waals surface area contributed by atoms with Crippen molar-refractivity contribution < 1.29 is 9.18 Å². The van der Waals surface area contributed by atoms with Crippen LogP contribution in [0, 0.1) is 40.3 Å². The minimum Gasteiger partial charge on any atom is -0.294 e. The SMILES string of the molecule is C[C@]12CCCC[C@H]1CC[C@H]1[C@H]2CC[C@]2(C)C(=O)/C(=C/c3ccccc3F)C[C@@H]12. The van der Waals surface area contributed by atoms with Gasteiger partial charge in [-0.2, -0.15) is 0 Å². The maximum atomic E-state index is 14.2. The Hall–Kier alpha value is -1.44. The topological polar surface area (TPSA) is 17.1 Å². The van der Waals surface area contributed by atoms with Gasteiger partial charge in [0.15, 0.2) is 5.78 Å². The van der Waals surface area contributed by atoms with Gasteiger partial charge >= 0.3 is 0 Å². The maximum absolute atomic E-state index is 14.2. The monoisotopic (exact) mass is 380 g/mol. The third-order valence-electron chi connectivity index (χ3n) is 9.46. The summed E-state index contributed by atoms with van der Waals surface area (Å²) in [7, 11) is 0. The minimum atomic E-state index is -0.226. The van der Waals surface area contributed by atoms with Crippen molar-refractivity contribution in [1.82, 2.24) is 0 Å². The summed E-state index contributed by atoms with van der Waals surface area (Å²) in [6, 6.07) is 6.84. The molecule has 4 fully saturated rings. The predicted octanol–water partition coefficient (Wildman–Crippen LogP) is 6.82. The van der Waals surface area contributed by atoms with E-state index >= 15 is 0 Å². The van der Waals surface area contributed by atoms with E-state index in [1.807, 2.05) is 12.1 Å². The van der Waals surface area contributed by atoms with Crippen molar-refractivity contribution in [3.63, 3.8) is 0 Å². The van der Waals surface area contributed by atoms with Gasteiger partial charge in [0.2, 0.25) is 0 Å². The fraction of sp³-hybridized carbons (Fsp3) is 0.654. The molecule has 0 aliphatic heterocycles. The highest BCUT2D eigenvalue weighted by molar-refractivity contribution is 6.05. The molecule has 0 radical (unpaired) electrons. The molecule has 4 aliphatic carbocycles. The van der Waals surface area contributed by atoms with Crippen molar-refractivity contribution in [3.8, 4) is 0 Å². The lowest BCUT2D eigenvalue weighted by molar-refractivity contribution is -0.137. The Morgan fingerprint density at radius 2 is 1.82 bits per heavy atom. The summed E-state index contributed by atoms with van der Waals surface area (Å²) in [5.41, 5.74) is 1.70. The van der Waals surface area contributed by atoms with E-state index in [4.69, 9.17) is 0 Å². The van der Waals surface area contributed by atoms with E-state index in [-0.39, 0.29) is 11.2 Å². The minimum absolute atomic E-state index is 0.226. The summed E-state index contributed by atoms with van der Waals surface area (Å²) < 4.78 is 14.2. The fourth-order valence-electron chi connectivity index (χ4n) is 7.87. The van der Waals surface area contributed by atoms with E-state index in [2.05, 4.69) is 13.8 Å². The number of halogens is 1. The van der Waals surface area contributed by atoms with E-state index in [1.165, 1.54) is 51.0 Å². The number of carbonyl (C=O) groups excluding carboxylic acids is 1. The van der Waals surface area contributed by atoms with E-state index in [0.29, 0.717) is 28.6 Å². The molecule has 0 amide bonds. The van der Waals surface area contributed by atoms with E-state index in [1.54, 1.807) is 12.1 Å². The van der Waals surface area contributed by atoms with Gasteiger partial charge in [0.05, 0.1) is 0 Å². The lowest BCUT2D eigenvalue weighted by atomic mass is 9.45. The first-order valence-electron chi connectivity index (χ1n) is 11.4. The summed E-state index contributed by atoms with van der Waals surface area (Å²) in [4.78, 5) is 13.4. The zero-order chi connectivity index (χ0) is 19.5. The van der Waals surface area contributed by atoms with Crippen molar-refractivity contribution in [2.45, 2.75) is 71.6 Å². The lowest BCUT2D eigenvalue weighted by Crippen LogP contribution is -2.52. The van der Waals surface area contributed by atoms with Gasteiger partial charge in [-0.15, -0.1) is 0 Å². The molecule has 1 nitrogen and oxygen atoms in total. The van der Waals surface area contributed by atoms with Crippen LogP contribution in [0.3, 0.4) is 0 Å². The van der Waals surface area contributed by atoms with Crippen molar-refractivity contribution >= 4 is 11.9 Å². The summed E-state index contributed by atoms with van der Waals surface area (Å²) >= 11 is 0. The van der Waals surface area contributed by atoms with Crippen molar-refractivity contribution in [1.29, 1.82) is 0 Å². The van der Waals surface area contributed by atoms with Crippen LogP contribution in [-0.4, -0.2) is 5.78 Å². The highest BCUT2D eigenvalue weighted by Crippen LogP contribution is 2.66. The Morgan fingerprint density at radius 1 is 1.00 bits per heavy atom. The number of hydrogen-bond acceptors (Lipinski definition) is 1. The van der Waals surface area contributed by atoms with Gasteiger partial charge in [-0.25, -0.2) is 4.39 Å². The molecule has 1 aromatic rings. The average Bonchev–Trinajstić information content (AvgIpc) is 2.94. The molecule has 4 saturated carbocycles. The highest BCUT2D eigenvalue weighted by Gasteiger charge is 2.60. The van der Waals surface area contributed by atoms with Crippen LogP contribution in [0.15, 0.2) is 29.8 Å². The van der Waals surface area contributed by atoms with E-state index < -0.39 is 0 Å². The van der Waals surface area contributed by atoms with Crippen LogP contribution in [0.5, 0.6) is 0 Å². The second-order valence-electron chi connectivity index (χ2n) is 10.6. The number of benzene rings is 1. The Bertz CT molecular complexity index is 825. The van der Waals surface area contributed by atoms with Gasteiger partial charge in [0.1, 0.15) is 5.82 Å². The molecule has 0 bridgehead atoms. The van der Waals surface area contributed by atoms with Crippen LogP contribution in [0.25, 0.3) is 6.08 Å².